The van der Waals surface area contributed by atoms with Crippen LogP contribution in [0.1, 0.15) is 11.4 Å². The Kier molecular flexibility index (Phi) is 3.93. The third-order valence-corrected chi connectivity index (χ3v) is 3.99. The summed E-state index contributed by atoms with van der Waals surface area (Å²) in [7, 11) is 0. The first-order chi connectivity index (χ1) is 8.08. The highest BCUT2D eigenvalue weighted by atomic mass is 127. The predicted molar refractivity (Wildman–Crippen MR) is 77.0 cm³/mol. The van der Waals surface area contributed by atoms with Crippen LogP contribution in [0.2, 0.25) is 0 Å². The van der Waals surface area contributed by atoms with E-state index in [9.17, 15) is 4.79 Å². The van der Waals surface area contributed by atoms with Crippen molar-refractivity contribution in [3.05, 3.63) is 54.4 Å². The Morgan fingerprint density at radius 2 is 2.18 bits per heavy atom. The smallest absolute Gasteiger partial charge is 0.267 e. The van der Waals surface area contributed by atoms with Gasteiger partial charge in [0.15, 0.2) is 0 Å². The summed E-state index contributed by atoms with van der Waals surface area (Å²) in [5.74, 6) is 0. The van der Waals surface area contributed by atoms with Crippen molar-refractivity contribution in [2.75, 3.05) is 0 Å². The molecule has 2 rings (SSSR count). The molecule has 0 N–H and O–H groups in total. The molecule has 0 atom stereocenters. The van der Waals surface area contributed by atoms with Gasteiger partial charge in [-0.05, 0) is 57.6 Å². The molecular formula is C11H9BrIN3O. The summed E-state index contributed by atoms with van der Waals surface area (Å²) in [4.78, 5) is 20.3. The molecule has 2 aromatic rings. The normalized spacial score (nSPS) is 10.5. The highest BCUT2D eigenvalue weighted by Crippen LogP contribution is 2.08. The maximum absolute atomic E-state index is 11.9. The van der Waals surface area contributed by atoms with Gasteiger partial charge in [-0.15, -0.1) is 0 Å². The first-order valence-corrected chi connectivity index (χ1v) is 6.77. The molecular weight excluding hydrogens is 397 g/mol. The van der Waals surface area contributed by atoms with Gasteiger partial charge in [-0.2, -0.15) is 0 Å². The number of aryl methyl sites for hydroxylation is 1. The lowest BCUT2D eigenvalue weighted by Gasteiger charge is -2.06. The van der Waals surface area contributed by atoms with E-state index >= 15 is 0 Å². The number of aromatic nitrogens is 3. The quantitative estimate of drug-likeness (QED) is 0.720. The van der Waals surface area contributed by atoms with Gasteiger partial charge >= 0.3 is 0 Å². The molecule has 0 saturated heterocycles. The van der Waals surface area contributed by atoms with E-state index in [1.54, 1.807) is 17.1 Å². The van der Waals surface area contributed by atoms with E-state index in [0.29, 0.717) is 10.1 Å². The summed E-state index contributed by atoms with van der Waals surface area (Å²) < 4.78 is 3.14. The van der Waals surface area contributed by atoms with Crippen LogP contribution in [0, 0.1) is 10.5 Å². The fourth-order valence-corrected chi connectivity index (χ4v) is 2.02. The third-order valence-electron chi connectivity index (χ3n) is 2.28. The van der Waals surface area contributed by atoms with E-state index in [-0.39, 0.29) is 5.56 Å². The highest BCUT2D eigenvalue weighted by Gasteiger charge is 2.06. The Morgan fingerprint density at radius 1 is 1.41 bits per heavy atom. The summed E-state index contributed by atoms with van der Waals surface area (Å²) in [6.07, 6.45) is 3.27. The van der Waals surface area contributed by atoms with Crippen LogP contribution in [0.4, 0.5) is 0 Å². The van der Waals surface area contributed by atoms with E-state index < -0.39 is 0 Å². The maximum atomic E-state index is 11.9. The van der Waals surface area contributed by atoms with Crippen molar-refractivity contribution in [3.8, 4) is 0 Å². The molecule has 2 heterocycles. The van der Waals surface area contributed by atoms with Crippen LogP contribution >= 0.6 is 38.5 Å². The topological polar surface area (TPSA) is 47.8 Å². The lowest BCUT2D eigenvalue weighted by atomic mass is 10.3. The van der Waals surface area contributed by atoms with Gasteiger partial charge in [0.25, 0.3) is 5.56 Å². The van der Waals surface area contributed by atoms with Gasteiger partial charge in [-0.25, -0.2) is 4.98 Å². The van der Waals surface area contributed by atoms with Crippen LogP contribution < -0.4 is 5.56 Å². The third kappa shape index (κ3) is 2.92. The lowest BCUT2D eigenvalue weighted by Crippen LogP contribution is -2.24. The molecule has 2 aromatic heterocycles. The van der Waals surface area contributed by atoms with Crippen molar-refractivity contribution in [3.63, 3.8) is 0 Å². The lowest BCUT2D eigenvalue weighted by molar-refractivity contribution is 0.707. The van der Waals surface area contributed by atoms with Crippen LogP contribution in [-0.2, 0) is 6.54 Å². The zero-order valence-corrected chi connectivity index (χ0v) is 12.8. The maximum Gasteiger partial charge on any atom is 0.267 e. The van der Waals surface area contributed by atoms with Gasteiger partial charge in [0.2, 0.25) is 0 Å². The minimum Gasteiger partial charge on any atom is -0.292 e. The molecule has 0 amide bonds. The van der Waals surface area contributed by atoms with Crippen molar-refractivity contribution in [1.29, 1.82) is 0 Å². The molecule has 6 heteroatoms. The van der Waals surface area contributed by atoms with Crippen molar-refractivity contribution >= 4 is 38.5 Å². The molecule has 0 fully saturated rings. The van der Waals surface area contributed by atoms with Crippen LogP contribution in [0.3, 0.4) is 0 Å². The second-order valence-corrected chi connectivity index (χ2v) is 5.54. The first kappa shape index (κ1) is 12.7. The van der Waals surface area contributed by atoms with Gasteiger partial charge in [0.1, 0.15) is 0 Å². The second-order valence-electron chi connectivity index (χ2n) is 3.54. The molecule has 17 heavy (non-hydrogen) atoms. The summed E-state index contributed by atoms with van der Waals surface area (Å²) in [6.45, 7) is 2.26. The zero-order chi connectivity index (χ0) is 12.4. The largest absolute Gasteiger partial charge is 0.292 e. The van der Waals surface area contributed by atoms with Gasteiger partial charge in [0.05, 0.1) is 27.8 Å². The van der Waals surface area contributed by atoms with Crippen LogP contribution in [-0.4, -0.2) is 14.5 Å². The second kappa shape index (κ2) is 5.26. The Balaban J connectivity index is 2.34. The number of hydrogen-bond donors (Lipinski definition) is 0. The van der Waals surface area contributed by atoms with Gasteiger partial charge in [-0.1, -0.05) is 0 Å². The van der Waals surface area contributed by atoms with Gasteiger partial charge < -0.3 is 0 Å². The van der Waals surface area contributed by atoms with Crippen molar-refractivity contribution in [2.24, 2.45) is 0 Å². The molecule has 0 saturated carbocycles. The average Bonchev–Trinajstić information content (AvgIpc) is 2.33. The van der Waals surface area contributed by atoms with Crippen molar-refractivity contribution < 1.29 is 0 Å². The molecule has 4 nitrogen and oxygen atoms in total. The Hall–Kier alpha value is -0.760. The van der Waals surface area contributed by atoms with Gasteiger partial charge in [0, 0.05) is 10.7 Å². The Bertz CT molecular complexity index is 595. The van der Waals surface area contributed by atoms with Gasteiger partial charge in [-0.3, -0.25) is 14.3 Å². The molecule has 0 radical (unpaired) electrons. The summed E-state index contributed by atoms with van der Waals surface area (Å²) >= 11 is 5.34. The minimum atomic E-state index is -0.0252. The summed E-state index contributed by atoms with van der Waals surface area (Å²) in [5.41, 5.74) is 1.56. The van der Waals surface area contributed by atoms with Crippen LogP contribution in [0.25, 0.3) is 0 Å². The Morgan fingerprint density at radius 3 is 2.82 bits per heavy atom. The number of halogens is 2. The molecule has 0 aliphatic carbocycles. The van der Waals surface area contributed by atoms with E-state index in [0.717, 1.165) is 15.9 Å². The fourth-order valence-electron chi connectivity index (χ4n) is 1.33. The van der Waals surface area contributed by atoms with E-state index in [2.05, 4.69) is 25.9 Å². The molecule has 0 aliphatic rings. The minimum absolute atomic E-state index is 0.0252. The van der Waals surface area contributed by atoms with E-state index in [1.165, 1.54) is 0 Å². The molecule has 0 spiro atoms. The Labute approximate surface area is 120 Å². The average molecular weight is 406 g/mol. The zero-order valence-electron chi connectivity index (χ0n) is 9.02. The summed E-state index contributed by atoms with van der Waals surface area (Å²) in [6, 6.07) is 3.78. The van der Waals surface area contributed by atoms with E-state index in [1.807, 2.05) is 41.6 Å². The summed E-state index contributed by atoms with van der Waals surface area (Å²) in [5, 5.41) is 0. The molecule has 0 unspecified atom stereocenters. The number of nitrogens with zero attached hydrogens (tertiary/aromatic N) is 3. The van der Waals surface area contributed by atoms with Crippen LogP contribution in [0.15, 0.2) is 33.9 Å². The molecule has 0 aromatic carbocycles. The number of rotatable bonds is 2. The van der Waals surface area contributed by atoms with Crippen LogP contribution in [0.5, 0.6) is 0 Å². The predicted octanol–water partition coefficient (Wildman–Crippen LogP) is 2.36. The monoisotopic (exact) mass is 405 g/mol. The standard InChI is InChI=1S/C11H9BrIN3O/c1-7-10(13)11(17)16(6-15-7)5-9-3-2-8(12)4-14-9/h2-4,6H,5H2,1H3. The molecule has 88 valence electrons. The fraction of sp³-hybridized carbons (Fsp3) is 0.182. The first-order valence-electron chi connectivity index (χ1n) is 4.90. The SMILES string of the molecule is Cc1ncn(Cc2ccc(Br)cn2)c(=O)c1I. The van der Waals surface area contributed by atoms with E-state index in [4.69, 9.17) is 0 Å². The molecule has 0 bridgehead atoms. The highest BCUT2D eigenvalue weighted by molar-refractivity contribution is 14.1. The number of hydrogen-bond acceptors (Lipinski definition) is 3. The van der Waals surface area contributed by atoms with Crippen molar-refractivity contribution in [2.45, 2.75) is 13.5 Å². The molecule has 0 aliphatic heterocycles. The van der Waals surface area contributed by atoms with Crippen molar-refractivity contribution in [1.82, 2.24) is 14.5 Å². The number of pyridine rings is 1.